The second-order valence-corrected chi connectivity index (χ2v) is 14.6. The van der Waals surface area contributed by atoms with Gasteiger partial charge in [0.25, 0.3) is 0 Å². The Balaban J connectivity index is 1.16. The first-order valence-corrected chi connectivity index (χ1v) is 18.1. The average Bonchev–Trinajstić information content (AvgIpc) is 3.57. The minimum absolute atomic E-state index is 0.0173. The van der Waals surface area contributed by atoms with Crippen LogP contribution in [0.3, 0.4) is 0 Å². The Morgan fingerprint density at radius 2 is 1.34 bits per heavy atom. The highest BCUT2D eigenvalue weighted by Crippen LogP contribution is 2.65. The highest BCUT2D eigenvalue weighted by molar-refractivity contribution is 6.32. The van der Waals surface area contributed by atoms with Crippen molar-refractivity contribution in [1.29, 1.82) is 0 Å². The second-order valence-electron chi connectivity index (χ2n) is 14.2. The number of hydrogen-bond donors (Lipinski definition) is 2. The first-order chi connectivity index (χ1) is 25.8. The number of halogens is 1. The number of imide groups is 2. The van der Waals surface area contributed by atoms with Gasteiger partial charge >= 0.3 is 0 Å². The molecule has 0 aromatic heterocycles. The number of fused-ring (bicyclic) bond motifs is 4. The molecule has 5 aromatic rings. The van der Waals surface area contributed by atoms with Gasteiger partial charge in [-0.05, 0) is 85.0 Å². The van der Waals surface area contributed by atoms with Crippen LogP contribution >= 0.6 is 11.6 Å². The van der Waals surface area contributed by atoms with Gasteiger partial charge in [0, 0.05) is 27.9 Å². The van der Waals surface area contributed by atoms with Crippen molar-refractivity contribution in [3.63, 3.8) is 0 Å². The van der Waals surface area contributed by atoms with E-state index < -0.39 is 46.8 Å². The molecule has 0 bridgehead atoms. The van der Waals surface area contributed by atoms with Gasteiger partial charge < -0.3 is 10.4 Å². The molecule has 1 saturated carbocycles. The number of carbonyl (C=O) groups excluding carboxylic acids is 4. The first-order valence-electron chi connectivity index (χ1n) is 17.8. The SMILES string of the molecule is O=C1C2CC=C3C(CC4C(=O)N(c5cccc(Cl)c5)C(=O)C4(c4ccccc4)C3c3ccccc3O)C2C(=O)N1c1ccc(Nc2ccccc2)cc1. The fraction of sp³-hybridized carbons (Fsp3) is 0.182. The Morgan fingerprint density at radius 1 is 0.660 bits per heavy atom. The topological polar surface area (TPSA) is 107 Å². The molecule has 262 valence electrons. The van der Waals surface area contributed by atoms with E-state index in [1.54, 1.807) is 60.7 Å². The lowest BCUT2D eigenvalue weighted by atomic mass is 9.49. The number of anilines is 4. The Kier molecular flexibility index (Phi) is 7.82. The van der Waals surface area contributed by atoms with E-state index in [0.717, 1.165) is 16.9 Å². The molecule has 5 aromatic carbocycles. The van der Waals surface area contributed by atoms with Crippen LogP contribution < -0.4 is 15.1 Å². The van der Waals surface area contributed by atoms with Crippen molar-refractivity contribution in [2.45, 2.75) is 24.2 Å². The molecule has 2 saturated heterocycles. The fourth-order valence-electron chi connectivity index (χ4n) is 9.46. The lowest BCUT2D eigenvalue weighted by molar-refractivity contribution is -0.127. The zero-order valence-electron chi connectivity index (χ0n) is 28.4. The zero-order chi connectivity index (χ0) is 36.4. The van der Waals surface area contributed by atoms with E-state index in [0.29, 0.717) is 27.5 Å². The number of benzene rings is 5. The van der Waals surface area contributed by atoms with E-state index in [-0.39, 0.29) is 30.4 Å². The van der Waals surface area contributed by atoms with Crippen LogP contribution in [0.15, 0.2) is 145 Å². The number of allylic oxidation sites excluding steroid dienone is 2. The molecule has 0 radical (unpaired) electrons. The number of nitrogens with one attached hydrogen (secondary N) is 1. The van der Waals surface area contributed by atoms with Gasteiger partial charge in [-0.15, -0.1) is 0 Å². The molecule has 53 heavy (non-hydrogen) atoms. The van der Waals surface area contributed by atoms with Crippen LogP contribution in [-0.4, -0.2) is 28.7 Å². The maximum atomic E-state index is 15.3. The Morgan fingerprint density at radius 3 is 2.06 bits per heavy atom. The zero-order valence-corrected chi connectivity index (χ0v) is 29.2. The minimum Gasteiger partial charge on any atom is -0.508 e. The van der Waals surface area contributed by atoms with E-state index in [2.05, 4.69) is 5.32 Å². The van der Waals surface area contributed by atoms with Crippen molar-refractivity contribution in [3.8, 4) is 5.75 Å². The first kappa shape index (κ1) is 32.9. The summed E-state index contributed by atoms with van der Waals surface area (Å²) >= 11 is 6.40. The van der Waals surface area contributed by atoms with Gasteiger partial charge in [-0.25, -0.2) is 4.90 Å². The van der Waals surface area contributed by atoms with Gasteiger partial charge in [-0.3, -0.25) is 24.1 Å². The summed E-state index contributed by atoms with van der Waals surface area (Å²) in [6, 6.07) is 39.7. The third-order valence-corrected chi connectivity index (χ3v) is 11.8. The molecular formula is C44H34ClN3O5. The quantitative estimate of drug-likeness (QED) is 0.136. The largest absolute Gasteiger partial charge is 0.508 e. The average molecular weight is 720 g/mol. The molecule has 2 aliphatic heterocycles. The van der Waals surface area contributed by atoms with E-state index in [1.165, 1.54) is 9.80 Å². The number of carbonyl (C=O) groups is 4. The molecule has 9 heteroatoms. The summed E-state index contributed by atoms with van der Waals surface area (Å²) in [5.41, 5.74) is 3.00. The molecular weight excluding hydrogens is 686 g/mol. The fourth-order valence-corrected chi connectivity index (χ4v) is 9.64. The molecule has 4 amide bonds. The summed E-state index contributed by atoms with van der Waals surface area (Å²) in [6.07, 6.45) is 2.44. The molecule has 6 unspecified atom stereocenters. The molecule has 6 atom stereocenters. The second kappa shape index (κ2) is 12.6. The number of hydrogen-bond acceptors (Lipinski definition) is 6. The maximum absolute atomic E-state index is 15.3. The van der Waals surface area contributed by atoms with Gasteiger partial charge in [-0.1, -0.05) is 96.0 Å². The maximum Gasteiger partial charge on any atom is 0.246 e. The van der Waals surface area contributed by atoms with E-state index in [9.17, 15) is 19.5 Å². The predicted molar refractivity (Wildman–Crippen MR) is 203 cm³/mol. The predicted octanol–water partition coefficient (Wildman–Crippen LogP) is 8.16. The molecule has 2 aliphatic carbocycles. The van der Waals surface area contributed by atoms with E-state index in [1.807, 2.05) is 78.9 Å². The third-order valence-electron chi connectivity index (χ3n) is 11.6. The minimum atomic E-state index is -1.46. The molecule has 3 fully saturated rings. The normalized spacial score (nSPS) is 26.2. The van der Waals surface area contributed by atoms with Gasteiger partial charge in [-0.2, -0.15) is 0 Å². The van der Waals surface area contributed by atoms with Crippen molar-refractivity contribution < 1.29 is 24.3 Å². The highest BCUT2D eigenvalue weighted by Gasteiger charge is 2.70. The van der Waals surface area contributed by atoms with Gasteiger partial charge in [0.1, 0.15) is 5.75 Å². The van der Waals surface area contributed by atoms with Crippen LogP contribution in [0.1, 0.15) is 29.9 Å². The summed E-state index contributed by atoms with van der Waals surface area (Å²) in [6.45, 7) is 0. The van der Waals surface area contributed by atoms with Crippen molar-refractivity contribution >= 4 is 58.0 Å². The molecule has 8 nitrogen and oxygen atoms in total. The molecule has 0 spiro atoms. The summed E-state index contributed by atoms with van der Waals surface area (Å²) in [5, 5.41) is 15.2. The third kappa shape index (κ3) is 4.96. The van der Waals surface area contributed by atoms with E-state index >= 15 is 4.79 Å². The lowest BCUT2D eigenvalue weighted by Gasteiger charge is -2.50. The van der Waals surface area contributed by atoms with Crippen LogP contribution in [0.5, 0.6) is 5.75 Å². The Bertz CT molecular complexity index is 2330. The van der Waals surface area contributed by atoms with Crippen molar-refractivity contribution in [3.05, 3.63) is 161 Å². The van der Waals surface area contributed by atoms with Gasteiger partial charge in [0.15, 0.2) is 0 Å². The molecule has 9 rings (SSSR count). The van der Waals surface area contributed by atoms with E-state index in [4.69, 9.17) is 11.6 Å². The summed E-state index contributed by atoms with van der Waals surface area (Å²) in [5.74, 6) is -5.11. The molecule has 2 heterocycles. The van der Waals surface area contributed by atoms with Gasteiger partial charge in [0.05, 0.1) is 34.5 Å². The van der Waals surface area contributed by atoms with Crippen LogP contribution in [0.2, 0.25) is 5.02 Å². The van der Waals surface area contributed by atoms with Crippen molar-refractivity contribution in [2.75, 3.05) is 15.1 Å². The number of rotatable bonds is 6. The number of phenolic OH excluding ortho intramolecular Hbond substituents is 1. The number of phenols is 1. The number of amides is 4. The highest BCUT2D eigenvalue weighted by atomic mass is 35.5. The Hall–Kier alpha value is -5.99. The molecule has 2 N–H and O–H groups in total. The number of aromatic hydroxyl groups is 1. The summed E-state index contributed by atoms with van der Waals surface area (Å²) in [4.78, 5) is 61.5. The van der Waals surface area contributed by atoms with Crippen molar-refractivity contribution in [2.24, 2.45) is 23.7 Å². The number of nitrogens with zero attached hydrogens (tertiary/aromatic N) is 2. The monoisotopic (exact) mass is 719 g/mol. The summed E-state index contributed by atoms with van der Waals surface area (Å²) < 4.78 is 0. The summed E-state index contributed by atoms with van der Waals surface area (Å²) in [7, 11) is 0. The van der Waals surface area contributed by atoms with Crippen LogP contribution in [0, 0.1) is 23.7 Å². The molecule has 4 aliphatic rings. The smallest absolute Gasteiger partial charge is 0.246 e. The van der Waals surface area contributed by atoms with Crippen LogP contribution in [0.25, 0.3) is 0 Å². The van der Waals surface area contributed by atoms with Crippen LogP contribution in [0.4, 0.5) is 22.7 Å². The standard InChI is InChI=1S/C44H34ClN3O5/c45-27-12-9-15-31(24-27)48-41(51)36-25-35-32(39(33-16-7-8-17-37(33)49)44(36,43(48)53)26-10-3-1-4-11-26)22-23-34-38(35)42(52)47(40(34)50)30-20-18-29(19-21-30)46-28-13-5-2-6-14-28/h1-22,24,34-36,38-39,46,49H,23,25H2. The number of para-hydroxylation sites is 2. The lowest BCUT2D eigenvalue weighted by Crippen LogP contribution is -2.53. The Labute approximate surface area is 311 Å². The van der Waals surface area contributed by atoms with Crippen LogP contribution in [-0.2, 0) is 24.6 Å². The van der Waals surface area contributed by atoms with Gasteiger partial charge in [0.2, 0.25) is 23.6 Å². The van der Waals surface area contributed by atoms with Crippen molar-refractivity contribution in [1.82, 2.24) is 0 Å².